The van der Waals surface area contributed by atoms with E-state index < -0.39 is 10.8 Å². The molecule has 2 aliphatic heterocycles. The van der Waals surface area contributed by atoms with Gasteiger partial charge in [0.15, 0.2) is 0 Å². The molecule has 7 heteroatoms. The Labute approximate surface area is 182 Å². The van der Waals surface area contributed by atoms with Crippen molar-refractivity contribution < 1.29 is 14.3 Å². The number of halogens is 2. The molecule has 0 aromatic heterocycles. The van der Waals surface area contributed by atoms with E-state index in [0.717, 1.165) is 50.6 Å². The average Bonchev–Trinajstić information content (AvgIpc) is 3.44. The summed E-state index contributed by atoms with van der Waals surface area (Å²) >= 11 is 12.4. The van der Waals surface area contributed by atoms with Crippen LogP contribution in [0.4, 0.5) is 0 Å². The third-order valence-corrected chi connectivity index (χ3v) is 7.89. The van der Waals surface area contributed by atoms with Crippen LogP contribution in [0.15, 0.2) is 18.2 Å². The maximum Gasteiger partial charge on any atom is 0.233 e. The van der Waals surface area contributed by atoms with Crippen LogP contribution in [-0.2, 0) is 19.7 Å². The van der Waals surface area contributed by atoms with E-state index in [1.807, 2.05) is 21.9 Å². The number of rotatable bonds is 5. The van der Waals surface area contributed by atoms with Crippen LogP contribution in [0.5, 0.6) is 0 Å². The lowest BCUT2D eigenvalue weighted by Gasteiger charge is -2.34. The molecule has 5 nitrogen and oxygen atoms in total. The Bertz CT molecular complexity index is 809. The lowest BCUT2D eigenvalue weighted by Crippen LogP contribution is -2.46. The summed E-state index contributed by atoms with van der Waals surface area (Å²) in [4.78, 5) is 30.7. The molecular weight excluding hydrogens is 411 g/mol. The molecule has 0 N–H and O–H groups in total. The van der Waals surface area contributed by atoms with Gasteiger partial charge in [-0.05, 0) is 43.4 Å². The van der Waals surface area contributed by atoms with Gasteiger partial charge in [0, 0.05) is 33.3 Å². The van der Waals surface area contributed by atoms with Crippen LogP contribution in [0.25, 0.3) is 0 Å². The van der Waals surface area contributed by atoms with Gasteiger partial charge in [-0.2, -0.15) is 0 Å². The first-order valence-corrected chi connectivity index (χ1v) is 11.2. The van der Waals surface area contributed by atoms with Crippen molar-refractivity contribution in [3.05, 3.63) is 33.8 Å². The summed E-state index contributed by atoms with van der Waals surface area (Å²) in [6.07, 6.45) is 5.25. The highest BCUT2D eigenvalue weighted by molar-refractivity contribution is 6.42. The zero-order valence-corrected chi connectivity index (χ0v) is 18.4. The Kier molecular flexibility index (Phi) is 5.84. The maximum absolute atomic E-state index is 13.8. The highest BCUT2D eigenvalue weighted by atomic mass is 35.5. The average molecular weight is 439 g/mol. The quantitative estimate of drug-likeness (QED) is 0.699. The molecule has 0 radical (unpaired) electrons. The number of methoxy groups -OCH3 is 1. The fourth-order valence-electron chi connectivity index (χ4n) is 5.43. The molecule has 1 spiro atoms. The van der Waals surface area contributed by atoms with E-state index >= 15 is 0 Å². The molecule has 29 heavy (non-hydrogen) atoms. The molecule has 2 amide bonds. The highest BCUT2D eigenvalue weighted by Crippen LogP contribution is 2.47. The van der Waals surface area contributed by atoms with Crippen molar-refractivity contribution >= 4 is 35.0 Å². The first-order valence-electron chi connectivity index (χ1n) is 10.5. The number of hydrogen-bond donors (Lipinski definition) is 0. The van der Waals surface area contributed by atoms with Crippen LogP contribution in [0, 0.1) is 5.41 Å². The van der Waals surface area contributed by atoms with Crippen molar-refractivity contribution in [3.63, 3.8) is 0 Å². The number of likely N-dealkylation sites (tertiary alicyclic amines) is 2. The Balaban J connectivity index is 1.54. The summed E-state index contributed by atoms with van der Waals surface area (Å²) in [6.45, 7) is 3.09. The van der Waals surface area contributed by atoms with Gasteiger partial charge in [-0.15, -0.1) is 0 Å². The Morgan fingerprint density at radius 3 is 2.52 bits per heavy atom. The topological polar surface area (TPSA) is 49.9 Å². The van der Waals surface area contributed by atoms with Crippen LogP contribution in [-0.4, -0.2) is 61.5 Å². The summed E-state index contributed by atoms with van der Waals surface area (Å²) in [5, 5.41) is 0.990. The summed E-state index contributed by atoms with van der Waals surface area (Å²) in [6, 6.07) is 5.58. The number of carbonyl (C=O) groups is 2. The third kappa shape index (κ3) is 3.55. The van der Waals surface area contributed by atoms with Gasteiger partial charge in [-0.3, -0.25) is 9.59 Å². The predicted octanol–water partition coefficient (Wildman–Crippen LogP) is 3.90. The molecule has 1 aliphatic carbocycles. The smallest absolute Gasteiger partial charge is 0.233 e. The zero-order chi connectivity index (χ0) is 20.6. The fraction of sp³-hybridized carbons (Fsp3) is 0.636. The van der Waals surface area contributed by atoms with Gasteiger partial charge in [0.1, 0.15) is 0 Å². The van der Waals surface area contributed by atoms with Crippen LogP contribution < -0.4 is 0 Å². The van der Waals surface area contributed by atoms with Crippen molar-refractivity contribution in [1.29, 1.82) is 0 Å². The number of benzene rings is 1. The first kappa shape index (κ1) is 21.0. The predicted molar refractivity (Wildman–Crippen MR) is 113 cm³/mol. The van der Waals surface area contributed by atoms with Crippen LogP contribution in [0.2, 0.25) is 10.0 Å². The molecule has 1 saturated carbocycles. The summed E-state index contributed by atoms with van der Waals surface area (Å²) in [5.74, 6) is 0.327. The molecule has 1 atom stereocenters. The second-order valence-corrected chi connectivity index (χ2v) is 9.52. The van der Waals surface area contributed by atoms with Crippen molar-refractivity contribution in [2.24, 2.45) is 5.41 Å². The van der Waals surface area contributed by atoms with E-state index in [9.17, 15) is 9.59 Å². The summed E-state index contributed by atoms with van der Waals surface area (Å²) in [7, 11) is 1.65. The van der Waals surface area contributed by atoms with Gasteiger partial charge in [-0.25, -0.2) is 0 Å². The molecule has 1 unspecified atom stereocenters. The summed E-state index contributed by atoms with van der Waals surface area (Å²) < 4.78 is 5.13. The number of carbonyl (C=O) groups excluding carboxylic acids is 2. The first-order chi connectivity index (χ1) is 13.9. The normalized spacial score (nSPS) is 26.1. The molecule has 2 saturated heterocycles. The van der Waals surface area contributed by atoms with Crippen molar-refractivity contribution in [2.45, 2.75) is 43.9 Å². The van der Waals surface area contributed by atoms with E-state index in [0.29, 0.717) is 36.3 Å². The van der Waals surface area contributed by atoms with E-state index in [-0.39, 0.29) is 11.8 Å². The maximum atomic E-state index is 13.8. The number of hydrogen-bond acceptors (Lipinski definition) is 3. The van der Waals surface area contributed by atoms with Crippen molar-refractivity contribution in [2.75, 3.05) is 39.9 Å². The molecule has 3 aliphatic rings. The Morgan fingerprint density at radius 1 is 1.10 bits per heavy atom. The SMILES string of the molecule is COCCN1CCC2(CCN(C(=O)C3(c4ccc(Cl)c(Cl)c4)CCCC3)C2)C1=O. The molecule has 158 valence electrons. The number of ether oxygens (including phenoxy) is 1. The highest BCUT2D eigenvalue weighted by Gasteiger charge is 2.54. The molecule has 1 aromatic carbocycles. The van der Waals surface area contributed by atoms with Crippen molar-refractivity contribution in [3.8, 4) is 0 Å². The molecule has 2 heterocycles. The van der Waals surface area contributed by atoms with E-state index in [1.54, 1.807) is 13.2 Å². The largest absolute Gasteiger partial charge is 0.383 e. The van der Waals surface area contributed by atoms with Gasteiger partial charge >= 0.3 is 0 Å². The van der Waals surface area contributed by atoms with Gasteiger partial charge in [-0.1, -0.05) is 42.1 Å². The van der Waals surface area contributed by atoms with E-state index in [1.165, 1.54) is 0 Å². The van der Waals surface area contributed by atoms with Gasteiger partial charge in [0.25, 0.3) is 0 Å². The van der Waals surface area contributed by atoms with E-state index in [2.05, 4.69) is 0 Å². The number of nitrogens with zero attached hydrogens (tertiary/aromatic N) is 2. The van der Waals surface area contributed by atoms with Crippen LogP contribution in [0.1, 0.15) is 44.1 Å². The zero-order valence-electron chi connectivity index (χ0n) is 16.9. The molecule has 1 aromatic rings. The third-order valence-electron chi connectivity index (χ3n) is 7.15. The Morgan fingerprint density at radius 2 is 1.83 bits per heavy atom. The van der Waals surface area contributed by atoms with Gasteiger partial charge in [0.2, 0.25) is 11.8 Å². The Hall–Kier alpha value is -1.30. The van der Waals surface area contributed by atoms with Crippen molar-refractivity contribution in [1.82, 2.24) is 9.80 Å². The number of amides is 2. The van der Waals surface area contributed by atoms with Gasteiger partial charge in [0.05, 0.1) is 27.5 Å². The van der Waals surface area contributed by atoms with Gasteiger partial charge < -0.3 is 14.5 Å². The lowest BCUT2D eigenvalue weighted by molar-refractivity contribution is -0.139. The minimum absolute atomic E-state index is 0.147. The van der Waals surface area contributed by atoms with Crippen LogP contribution in [0.3, 0.4) is 0 Å². The van der Waals surface area contributed by atoms with E-state index in [4.69, 9.17) is 27.9 Å². The summed E-state index contributed by atoms with van der Waals surface area (Å²) in [5.41, 5.74) is -0.00680. The minimum Gasteiger partial charge on any atom is -0.383 e. The second kappa shape index (κ2) is 8.09. The molecule has 4 rings (SSSR count). The second-order valence-electron chi connectivity index (χ2n) is 8.71. The van der Waals surface area contributed by atoms with Crippen LogP contribution >= 0.6 is 23.2 Å². The monoisotopic (exact) mass is 438 g/mol. The fourth-order valence-corrected chi connectivity index (χ4v) is 5.73. The minimum atomic E-state index is -0.544. The molecule has 3 fully saturated rings. The molecule has 0 bridgehead atoms. The lowest BCUT2D eigenvalue weighted by atomic mass is 9.77. The standard InChI is InChI=1S/C22H28Cl2N2O3/c1-29-13-12-25-10-8-21(19(25)27)9-11-26(15-21)20(28)22(6-2-3-7-22)16-4-5-17(23)18(24)14-16/h4-5,14H,2-3,6-13,15H2,1H3. The molecular formula is C22H28Cl2N2O3.